The van der Waals surface area contributed by atoms with E-state index in [1.54, 1.807) is 0 Å². The second kappa shape index (κ2) is 12.2. The lowest BCUT2D eigenvalue weighted by molar-refractivity contribution is 0.336. The first-order valence-electron chi connectivity index (χ1n) is 8.89. The molecule has 0 unspecified atom stereocenters. The molecule has 2 rings (SSSR count). The van der Waals surface area contributed by atoms with E-state index in [-0.39, 0.29) is 24.0 Å². The van der Waals surface area contributed by atoms with Gasteiger partial charge in [0, 0.05) is 18.7 Å². The minimum absolute atomic E-state index is 0. The average Bonchev–Trinajstić information content (AvgIpc) is 2.66. The van der Waals surface area contributed by atoms with Crippen molar-refractivity contribution in [1.82, 2.24) is 10.6 Å². The van der Waals surface area contributed by atoms with Gasteiger partial charge in [0.2, 0.25) is 0 Å². The maximum atomic E-state index is 8.86. The van der Waals surface area contributed by atoms with E-state index in [1.165, 1.54) is 5.56 Å². The minimum Gasteiger partial charge on any atom is -0.494 e. The van der Waals surface area contributed by atoms with Crippen LogP contribution in [0.1, 0.15) is 36.1 Å². The number of benzene rings is 2. The third-order valence-corrected chi connectivity index (χ3v) is 3.82. The Hall–Kier alpha value is -2.27. The summed E-state index contributed by atoms with van der Waals surface area (Å²) in [5.41, 5.74) is 4.00. The number of ether oxygens (including phenoxy) is 1. The fourth-order valence-corrected chi connectivity index (χ4v) is 2.47. The number of guanidine groups is 1. The van der Waals surface area contributed by atoms with Crippen molar-refractivity contribution in [3.05, 3.63) is 64.7 Å². The Morgan fingerprint density at radius 1 is 1.11 bits per heavy atom. The van der Waals surface area contributed by atoms with Crippen LogP contribution in [0.15, 0.2) is 47.5 Å². The highest BCUT2D eigenvalue weighted by Gasteiger charge is 2.05. The van der Waals surface area contributed by atoms with Crippen molar-refractivity contribution in [3.8, 4) is 11.8 Å². The lowest BCUT2D eigenvalue weighted by Gasteiger charge is -2.15. The highest BCUT2D eigenvalue weighted by atomic mass is 127. The van der Waals surface area contributed by atoms with Crippen LogP contribution in [0.2, 0.25) is 0 Å². The third-order valence-electron chi connectivity index (χ3n) is 3.82. The molecule has 27 heavy (non-hydrogen) atoms. The summed E-state index contributed by atoms with van der Waals surface area (Å²) in [5, 5.41) is 15.5. The van der Waals surface area contributed by atoms with Crippen molar-refractivity contribution < 1.29 is 4.74 Å². The van der Waals surface area contributed by atoms with Gasteiger partial charge in [0.25, 0.3) is 0 Å². The monoisotopic (exact) mass is 478 g/mol. The maximum absolute atomic E-state index is 8.86. The third kappa shape index (κ3) is 7.47. The van der Waals surface area contributed by atoms with Gasteiger partial charge in [-0.25, -0.2) is 4.99 Å². The summed E-state index contributed by atoms with van der Waals surface area (Å²) in [7, 11) is 0. The topological polar surface area (TPSA) is 69.4 Å². The van der Waals surface area contributed by atoms with E-state index in [4.69, 9.17) is 10.00 Å². The van der Waals surface area contributed by atoms with Crippen molar-refractivity contribution >= 4 is 29.9 Å². The van der Waals surface area contributed by atoms with Crippen LogP contribution in [0.5, 0.6) is 5.75 Å². The zero-order valence-corrected chi connectivity index (χ0v) is 18.4. The van der Waals surface area contributed by atoms with E-state index in [1.807, 2.05) is 38.1 Å². The smallest absolute Gasteiger partial charge is 0.191 e. The standard InChI is InChI=1S/C21H26N4O.HI/c1-4-23-21(24-14-18-9-7-17(13-22)8-10-18)25-15-19-11-6-16(3)12-20(19)26-5-2;/h6-12H,4-5,14-15H2,1-3H3,(H2,23,24,25);1H. The van der Waals surface area contributed by atoms with Crippen molar-refractivity contribution in [2.45, 2.75) is 33.9 Å². The van der Waals surface area contributed by atoms with Crippen LogP contribution in [0.25, 0.3) is 0 Å². The molecular weight excluding hydrogens is 451 g/mol. The van der Waals surface area contributed by atoms with Gasteiger partial charge < -0.3 is 15.4 Å². The fraction of sp³-hybridized carbons (Fsp3) is 0.333. The Bertz CT molecular complexity index is 782. The number of nitrogens with one attached hydrogen (secondary N) is 2. The van der Waals surface area contributed by atoms with Crippen LogP contribution in [-0.2, 0) is 13.1 Å². The first-order valence-corrected chi connectivity index (χ1v) is 8.89. The summed E-state index contributed by atoms with van der Waals surface area (Å²) in [6.07, 6.45) is 0. The molecule has 6 heteroatoms. The molecule has 144 valence electrons. The fourth-order valence-electron chi connectivity index (χ4n) is 2.47. The van der Waals surface area contributed by atoms with Gasteiger partial charge in [0.15, 0.2) is 5.96 Å². The van der Waals surface area contributed by atoms with E-state index >= 15 is 0 Å². The summed E-state index contributed by atoms with van der Waals surface area (Å²) < 4.78 is 5.73. The van der Waals surface area contributed by atoms with Crippen LogP contribution in [0.4, 0.5) is 0 Å². The normalized spacial score (nSPS) is 10.5. The SMILES string of the molecule is CCNC(=NCc1ccc(C#N)cc1)NCc1ccc(C)cc1OCC.I. The van der Waals surface area contributed by atoms with Gasteiger partial charge in [-0.2, -0.15) is 5.26 Å². The number of nitrogens with zero attached hydrogens (tertiary/aromatic N) is 2. The van der Waals surface area contributed by atoms with E-state index in [0.717, 1.165) is 29.4 Å². The molecule has 5 nitrogen and oxygen atoms in total. The van der Waals surface area contributed by atoms with Crippen molar-refractivity contribution in [2.24, 2.45) is 4.99 Å². The van der Waals surface area contributed by atoms with Gasteiger partial charge in [0.05, 0.1) is 24.8 Å². The average molecular weight is 478 g/mol. The molecule has 2 aromatic rings. The van der Waals surface area contributed by atoms with Crippen LogP contribution in [0.3, 0.4) is 0 Å². The molecule has 0 aliphatic carbocycles. The number of rotatable bonds is 7. The van der Waals surface area contributed by atoms with E-state index in [9.17, 15) is 0 Å². The molecule has 0 radical (unpaired) electrons. The number of hydrogen-bond acceptors (Lipinski definition) is 3. The molecule has 0 saturated heterocycles. The Morgan fingerprint density at radius 2 is 1.85 bits per heavy atom. The minimum atomic E-state index is 0. The second-order valence-corrected chi connectivity index (χ2v) is 5.90. The number of aryl methyl sites for hydroxylation is 1. The number of aliphatic imine (C=N–C) groups is 1. The summed E-state index contributed by atoms with van der Waals surface area (Å²) in [6.45, 7) is 8.69. The Labute approximate surface area is 178 Å². The zero-order valence-electron chi connectivity index (χ0n) is 16.1. The highest BCUT2D eigenvalue weighted by Crippen LogP contribution is 2.20. The molecule has 2 N–H and O–H groups in total. The summed E-state index contributed by atoms with van der Waals surface area (Å²) in [6, 6.07) is 15.8. The molecule has 0 aliphatic heterocycles. The molecular formula is C21H27IN4O. The van der Waals surface area contributed by atoms with Gasteiger partial charge in [-0.15, -0.1) is 24.0 Å². The quantitative estimate of drug-likeness (QED) is 0.357. The van der Waals surface area contributed by atoms with Crippen LogP contribution >= 0.6 is 24.0 Å². The molecule has 0 aromatic heterocycles. The van der Waals surface area contributed by atoms with E-state index in [0.29, 0.717) is 25.3 Å². The number of halogens is 1. The molecule has 0 heterocycles. The van der Waals surface area contributed by atoms with Crippen LogP contribution in [0, 0.1) is 18.3 Å². The van der Waals surface area contributed by atoms with E-state index < -0.39 is 0 Å². The van der Waals surface area contributed by atoms with Crippen molar-refractivity contribution in [1.29, 1.82) is 5.26 Å². The number of nitriles is 1. The van der Waals surface area contributed by atoms with Gasteiger partial charge in [-0.05, 0) is 50.1 Å². The van der Waals surface area contributed by atoms with Gasteiger partial charge in [0.1, 0.15) is 5.75 Å². The molecule has 2 aromatic carbocycles. The van der Waals surface area contributed by atoms with E-state index in [2.05, 4.69) is 46.8 Å². The second-order valence-electron chi connectivity index (χ2n) is 5.90. The lowest BCUT2D eigenvalue weighted by atomic mass is 10.1. The summed E-state index contributed by atoms with van der Waals surface area (Å²) >= 11 is 0. The molecule has 0 saturated carbocycles. The molecule has 0 spiro atoms. The van der Waals surface area contributed by atoms with Gasteiger partial charge in [-0.1, -0.05) is 24.3 Å². The molecule has 0 atom stereocenters. The predicted octanol–water partition coefficient (Wildman–Crippen LogP) is 4.14. The first-order chi connectivity index (χ1) is 12.7. The van der Waals surface area contributed by atoms with Crippen LogP contribution < -0.4 is 15.4 Å². The van der Waals surface area contributed by atoms with Crippen molar-refractivity contribution in [3.63, 3.8) is 0 Å². The summed E-state index contributed by atoms with van der Waals surface area (Å²) in [5.74, 6) is 1.66. The lowest BCUT2D eigenvalue weighted by Crippen LogP contribution is -2.36. The first kappa shape index (κ1) is 22.8. The predicted molar refractivity (Wildman–Crippen MR) is 121 cm³/mol. The van der Waals surface area contributed by atoms with Crippen molar-refractivity contribution in [2.75, 3.05) is 13.2 Å². The molecule has 0 amide bonds. The highest BCUT2D eigenvalue weighted by molar-refractivity contribution is 14.0. The maximum Gasteiger partial charge on any atom is 0.191 e. The largest absolute Gasteiger partial charge is 0.494 e. The Balaban J connectivity index is 0.00000364. The zero-order chi connectivity index (χ0) is 18.8. The summed E-state index contributed by atoms with van der Waals surface area (Å²) in [4.78, 5) is 4.62. The molecule has 0 aliphatic rings. The Morgan fingerprint density at radius 3 is 2.48 bits per heavy atom. The molecule has 0 bridgehead atoms. The molecule has 0 fully saturated rings. The number of hydrogen-bond donors (Lipinski definition) is 2. The van der Waals surface area contributed by atoms with Gasteiger partial charge >= 0.3 is 0 Å². The van der Waals surface area contributed by atoms with Gasteiger partial charge in [-0.3, -0.25) is 0 Å². The Kier molecular flexibility index (Phi) is 10.3. The van der Waals surface area contributed by atoms with Crippen LogP contribution in [-0.4, -0.2) is 19.1 Å².